The van der Waals surface area contributed by atoms with Crippen LogP contribution in [-0.2, 0) is 21.4 Å². The summed E-state index contributed by atoms with van der Waals surface area (Å²) in [5.41, 5.74) is 0.773. The predicted molar refractivity (Wildman–Crippen MR) is 102 cm³/mol. The summed E-state index contributed by atoms with van der Waals surface area (Å²) < 4.78 is 41.2. The fourth-order valence-electron chi connectivity index (χ4n) is 3.14. The maximum Gasteiger partial charge on any atom is 0.223 e. The van der Waals surface area contributed by atoms with Crippen LogP contribution in [0, 0.1) is 5.92 Å². The zero-order valence-corrected chi connectivity index (χ0v) is 17.1. The number of piperidine rings is 1. The highest BCUT2D eigenvalue weighted by Gasteiger charge is 2.30. The minimum atomic E-state index is -3.19. The molecule has 152 valence electrons. The van der Waals surface area contributed by atoms with Crippen LogP contribution in [0.1, 0.15) is 25.3 Å². The van der Waals surface area contributed by atoms with Crippen LogP contribution < -0.4 is 19.5 Å². The van der Waals surface area contributed by atoms with Crippen LogP contribution in [0.25, 0.3) is 0 Å². The highest BCUT2D eigenvalue weighted by atomic mass is 32.2. The summed E-state index contributed by atoms with van der Waals surface area (Å²) in [7, 11) is 1.45. The molecule has 0 saturated carbocycles. The molecule has 0 unspecified atom stereocenters. The van der Waals surface area contributed by atoms with Crippen molar-refractivity contribution in [1.82, 2.24) is 9.62 Å². The topological polar surface area (TPSA) is 94.2 Å². The molecule has 27 heavy (non-hydrogen) atoms. The van der Waals surface area contributed by atoms with Crippen molar-refractivity contribution in [2.24, 2.45) is 5.92 Å². The Balaban J connectivity index is 1.98. The lowest BCUT2D eigenvalue weighted by Gasteiger charge is -2.30. The maximum atomic E-state index is 12.5. The van der Waals surface area contributed by atoms with Gasteiger partial charge >= 0.3 is 0 Å². The number of ether oxygens (including phenoxy) is 3. The van der Waals surface area contributed by atoms with Crippen molar-refractivity contribution in [2.75, 3.05) is 40.2 Å². The van der Waals surface area contributed by atoms with Crippen molar-refractivity contribution < 1.29 is 27.4 Å². The first-order valence-electron chi connectivity index (χ1n) is 8.90. The second kappa shape index (κ2) is 9.27. The van der Waals surface area contributed by atoms with E-state index in [4.69, 9.17) is 14.2 Å². The number of hydrogen-bond acceptors (Lipinski definition) is 6. The summed E-state index contributed by atoms with van der Waals surface area (Å²) in [6.07, 6.45) is 1.04. The smallest absolute Gasteiger partial charge is 0.223 e. The number of carbonyl (C=O) groups is 1. The summed E-state index contributed by atoms with van der Waals surface area (Å²) in [5.74, 6) is 1.51. The van der Waals surface area contributed by atoms with E-state index in [1.165, 1.54) is 4.31 Å². The Morgan fingerprint density at radius 2 is 1.63 bits per heavy atom. The second-order valence-electron chi connectivity index (χ2n) is 6.31. The molecule has 2 rings (SSSR count). The van der Waals surface area contributed by atoms with Crippen LogP contribution in [0.15, 0.2) is 12.1 Å². The summed E-state index contributed by atoms with van der Waals surface area (Å²) in [5, 5.41) is 2.92. The number of rotatable bonds is 8. The molecule has 1 fully saturated rings. The minimum absolute atomic E-state index is 0.0830. The molecule has 1 aliphatic heterocycles. The average molecular weight is 400 g/mol. The highest BCUT2D eigenvalue weighted by Crippen LogP contribution is 2.34. The van der Waals surface area contributed by atoms with E-state index in [2.05, 4.69) is 5.32 Å². The van der Waals surface area contributed by atoms with Gasteiger partial charge in [0.05, 0.1) is 27.1 Å². The Bertz CT molecular complexity index is 757. The number of methoxy groups -OCH3 is 3. The van der Waals surface area contributed by atoms with Gasteiger partial charge in [0.2, 0.25) is 15.9 Å². The van der Waals surface area contributed by atoms with Gasteiger partial charge < -0.3 is 19.5 Å². The lowest BCUT2D eigenvalue weighted by molar-refractivity contribution is -0.126. The third-order valence-electron chi connectivity index (χ3n) is 4.82. The second-order valence-corrected chi connectivity index (χ2v) is 8.57. The highest BCUT2D eigenvalue weighted by molar-refractivity contribution is 7.89. The van der Waals surface area contributed by atoms with Gasteiger partial charge in [-0.05, 0) is 25.8 Å². The van der Waals surface area contributed by atoms with E-state index in [-0.39, 0.29) is 24.1 Å². The van der Waals surface area contributed by atoms with E-state index in [0.29, 0.717) is 43.2 Å². The summed E-state index contributed by atoms with van der Waals surface area (Å²) >= 11 is 0. The Morgan fingerprint density at radius 3 is 2.15 bits per heavy atom. The van der Waals surface area contributed by atoms with Gasteiger partial charge in [-0.3, -0.25) is 4.79 Å². The van der Waals surface area contributed by atoms with Crippen LogP contribution in [0.5, 0.6) is 17.2 Å². The molecule has 0 aromatic heterocycles. The number of carbonyl (C=O) groups excluding carboxylic acids is 1. The third-order valence-corrected chi connectivity index (χ3v) is 6.70. The van der Waals surface area contributed by atoms with E-state index in [1.807, 2.05) is 0 Å². The first-order valence-corrected chi connectivity index (χ1v) is 10.5. The molecule has 1 N–H and O–H groups in total. The average Bonchev–Trinajstić information content (AvgIpc) is 2.71. The van der Waals surface area contributed by atoms with Crippen molar-refractivity contribution in [3.8, 4) is 17.2 Å². The third kappa shape index (κ3) is 5.04. The maximum absolute atomic E-state index is 12.5. The molecule has 1 saturated heterocycles. The number of benzene rings is 1. The Labute approximate surface area is 160 Å². The van der Waals surface area contributed by atoms with Gasteiger partial charge in [0.1, 0.15) is 5.75 Å². The summed E-state index contributed by atoms with van der Waals surface area (Å²) in [6, 6.07) is 3.49. The number of nitrogens with zero attached hydrogens (tertiary/aromatic N) is 1. The Hall–Kier alpha value is -2.00. The van der Waals surface area contributed by atoms with Crippen molar-refractivity contribution in [2.45, 2.75) is 26.3 Å². The van der Waals surface area contributed by atoms with Gasteiger partial charge in [-0.25, -0.2) is 12.7 Å². The van der Waals surface area contributed by atoms with Crippen LogP contribution in [0.2, 0.25) is 0 Å². The Kier molecular flexibility index (Phi) is 7.32. The number of hydrogen-bond donors (Lipinski definition) is 1. The molecular formula is C18H28N2O6S. The van der Waals surface area contributed by atoms with Crippen molar-refractivity contribution in [1.29, 1.82) is 0 Å². The van der Waals surface area contributed by atoms with E-state index in [0.717, 1.165) is 5.56 Å². The van der Waals surface area contributed by atoms with Gasteiger partial charge in [0.25, 0.3) is 0 Å². The van der Waals surface area contributed by atoms with E-state index in [9.17, 15) is 13.2 Å². The molecule has 1 heterocycles. The first kappa shape index (κ1) is 21.3. The van der Waals surface area contributed by atoms with Crippen molar-refractivity contribution in [3.05, 3.63) is 17.7 Å². The van der Waals surface area contributed by atoms with Crippen LogP contribution in [0.3, 0.4) is 0 Å². The summed E-state index contributed by atoms with van der Waals surface area (Å²) in [4.78, 5) is 12.5. The zero-order valence-electron chi connectivity index (χ0n) is 16.3. The van der Waals surface area contributed by atoms with Crippen molar-refractivity contribution in [3.63, 3.8) is 0 Å². The molecule has 1 aliphatic rings. The summed E-state index contributed by atoms with van der Waals surface area (Å²) in [6.45, 7) is 2.68. The minimum Gasteiger partial charge on any atom is -0.496 e. The molecule has 0 bridgehead atoms. The molecule has 1 aromatic rings. The molecule has 0 spiro atoms. The molecule has 8 nitrogen and oxygen atoms in total. The van der Waals surface area contributed by atoms with E-state index < -0.39 is 10.0 Å². The van der Waals surface area contributed by atoms with Gasteiger partial charge in [-0.2, -0.15) is 0 Å². The molecule has 0 aliphatic carbocycles. The van der Waals surface area contributed by atoms with E-state index >= 15 is 0 Å². The Morgan fingerprint density at radius 1 is 1.07 bits per heavy atom. The molecular weight excluding hydrogens is 372 g/mol. The van der Waals surface area contributed by atoms with Crippen LogP contribution in [-0.4, -0.2) is 58.8 Å². The van der Waals surface area contributed by atoms with Gasteiger partial charge in [0.15, 0.2) is 11.5 Å². The quantitative estimate of drug-likeness (QED) is 0.709. The van der Waals surface area contributed by atoms with Crippen LogP contribution in [0.4, 0.5) is 0 Å². The predicted octanol–water partition coefficient (Wildman–Crippen LogP) is 1.39. The van der Waals surface area contributed by atoms with Gasteiger partial charge in [-0.1, -0.05) is 0 Å². The lowest BCUT2D eigenvalue weighted by Crippen LogP contribution is -2.43. The number of nitrogens with one attached hydrogen (secondary N) is 1. The zero-order chi connectivity index (χ0) is 20.0. The molecule has 1 amide bonds. The van der Waals surface area contributed by atoms with E-state index in [1.54, 1.807) is 40.4 Å². The number of sulfonamides is 1. The monoisotopic (exact) mass is 400 g/mol. The fourth-order valence-corrected chi connectivity index (χ4v) is 4.27. The standard InChI is InChI=1S/C18H28N2O6S/c1-5-27(22,23)20-8-6-13(7-9-20)18(21)19-12-14-10-16(25-3)17(26-4)11-15(14)24-2/h10-11,13H,5-9,12H2,1-4H3,(H,19,21). The van der Waals surface area contributed by atoms with Gasteiger partial charge in [0, 0.05) is 37.2 Å². The normalized spacial score (nSPS) is 16.0. The molecule has 1 aromatic carbocycles. The first-order chi connectivity index (χ1) is 12.9. The van der Waals surface area contributed by atoms with Gasteiger partial charge in [-0.15, -0.1) is 0 Å². The SMILES string of the molecule is CCS(=O)(=O)N1CCC(C(=O)NCc2cc(OC)c(OC)cc2OC)CC1. The largest absolute Gasteiger partial charge is 0.496 e. The molecule has 9 heteroatoms. The van der Waals surface area contributed by atoms with Crippen LogP contribution >= 0.6 is 0 Å². The molecule has 0 radical (unpaired) electrons. The fraction of sp³-hybridized carbons (Fsp3) is 0.611. The molecule has 0 atom stereocenters. The lowest BCUT2D eigenvalue weighted by atomic mass is 9.97. The van der Waals surface area contributed by atoms with Crippen molar-refractivity contribution >= 4 is 15.9 Å². The number of amides is 1.